The summed E-state index contributed by atoms with van der Waals surface area (Å²) in [5, 5.41) is 12.1. The Morgan fingerprint density at radius 1 is 1.39 bits per heavy atom. The summed E-state index contributed by atoms with van der Waals surface area (Å²) in [5.74, 6) is 0.526. The third-order valence-electron chi connectivity index (χ3n) is 3.59. The minimum atomic E-state index is -0.189. The summed E-state index contributed by atoms with van der Waals surface area (Å²) in [4.78, 5) is 19.9. The fraction of sp³-hybridized carbons (Fsp3) is 0.615. The molecule has 0 bridgehead atoms. The second-order valence-corrected chi connectivity index (χ2v) is 4.89. The van der Waals surface area contributed by atoms with Crippen molar-refractivity contribution in [2.45, 2.75) is 26.2 Å². The highest BCUT2D eigenvalue weighted by Gasteiger charge is 2.26. The van der Waals surface area contributed by atoms with Crippen molar-refractivity contribution in [2.24, 2.45) is 11.8 Å². The third-order valence-corrected chi connectivity index (χ3v) is 3.59. The van der Waals surface area contributed by atoms with Gasteiger partial charge in [0.05, 0.1) is 11.9 Å². The molecule has 2 unspecified atom stereocenters. The Morgan fingerprint density at radius 3 is 2.83 bits per heavy atom. The van der Waals surface area contributed by atoms with Gasteiger partial charge in [-0.3, -0.25) is 9.78 Å². The van der Waals surface area contributed by atoms with Crippen molar-refractivity contribution in [3.63, 3.8) is 0 Å². The highest BCUT2D eigenvalue weighted by atomic mass is 16.3. The van der Waals surface area contributed by atoms with Crippen molar-refractivity contribution < 1.29 is 9.90 Å². The number of rotatable bonds is 4. The highest BCUT2D eigenvalue weighted by Crippen LogP contribution is 2.30. The lowest BCUT2D eigenvalue weighted by atomic mass is 9.97. The highest BCUT2D eigenvalue weighted by molar-refractivity contribution is 5.91. The molecule has 1 heterocycles. The van der Waals surface area contributed by atoms with Crippen molar-refractivity contribution in [3.05, 3.63) is 23.8 Å². The molecule has 2 rings (SSSR count). The van der Waals surface area contributed by atoms with Crippen molar-refractivity contribution in [3.8, 4) is 0 Å². The van der Waals surface area contributed by atoms with Crippen molar-refractivity contribution in [1.82, 2.24) is 15.3 Å². The minimum absolute atomic E-state index is 0.189. The van der Waals surface area contributed by atoms with Gasteiger partial charge in [0.2, 0.25) is 0 Å². The molecule has 1 aliphatic rings. The summed E-state index contributed by atoms with van der Waals surface area (Å²) in [7, 11) is 0. The maximum Gasteiger partial charge on any atom is 0.271 e. The van der Waals surface area contributed by atoms with Crippen LogP contribution in [0.1, 0.15) is 35.4 Å². The Kier molecular flexibility index (Phi) is 4.25. The summed E-state index contributed by atoms with van der Waals surface area (Å²) in [6.45, 7) is 2.66. The summed E-state index contributed by atoms with van der Waals surface area (Å²) < 4.78 is 0. The standard InChI is InChI=1S/C13H19N3O2/c1-9-5-15-12(7-14-9)13(18)16-6-10-3-2-4-11(10)8-17/h5,7,10-11,17H,2-4,6,8H2,1H3,(H,16,18). The monoisotopic (exact) mass is 249 g/mol. The number of aliphatic hydroxyl groups excluding tert-OH is 1. The summed E-state index contributed by atoms with van der Waals surface area (Å²) >= 11 is 0. The van der Waals surface area contributed by atoms with Crippen LogP contribution >= 0.6 is 0 Å². The van der Waals surface area contributed by atoms with E-state index >= 15 is 0 Å². The number of aromatic nitrogens is 2. The molecule has 1 aliphatic carbocycles. The van der Waals surface area contributed by atoms with Crippen LogP contribution in [0.3, 0.4) is 0 Å². The molecule has 0 aromatic carbocycles. The number of aliphatic hydroxyl groups is 1. The molecule has 2 atom stereocenters. The second kappa shape index (κ2) is 5.91. The van der Waals surface area contributed by atoms with Crippen molar-refractivity contribution in [1.29, 1.82) is 0 Å². The van der Waals surface area contributed by atoms with Crippen LogP contribution in [0, 0.1) is 18.8 Å². The summed E-state index contributed by atoms with van der Waals surface area (Å²) in [6.07, 6.45) is 6.34. The van der Waals surface area contributed by atoms with Gasteiger partial charge in [-0.25, -0.2) is 4.98 Å². The first-order valence-electron chi connectivity index (χ1n) is 6.38. The molecule has 5 heteroatoms. The van der Waals surface area contributed by atoms with E-state index in [2.05, 4.69) is 15.3 Å². The SMILES string of the molecule is Cc1cnc(C(=O)NCC2CCCC2CO)cn1. The van der Waals surface area contributed by atoms with Gasteiger partial charge in [-0.05, 0) is 31.6 Å². The molecule has 18 heavy (non-hydrogen) atoms. The Bertz CT molecular complexity index is 405. The number of nitrogens with one attached hydrogen (secondary N) is 1. The van der Waals surface area contributed by atoms with Crippen LogP contribution in [0.4, 0.5) is 0 Å². The molecule has 2 N–H and O–H groups in total. The number of hydrogen-bond donors (Lipinski definition) is 2. The Labute approximate surface area is 107 Å². The van der Waals surface area contributed by atoms with Gasteiger partial charge in [0.1, 0.15) is 5.69 Å². The maximum absolute atomic E-state index is 11.8. The molecule has 98 valence electrons. The Hall–Kier alpha value is -1.49. The molecule has 1 aromatic rings. The van der Waals surface area contributed by atoms with E-state index in [0.717, 1.165) is 25.0 Å². The fourth-order valence-electron chi connectivity index (χ4n) is 2.45. The molecule has 1 amide bonds. The van der Waals surface area contributed by atoms with Crippen LogP contribution in [-0.2, 0) is 0 Å². The Morgan fingerprint density at radius 2 is 2.17 bits per heavy atom. The molecule has 1 aromatic heterocycles. The largest absolute Gasteiger partial charge is 0.396 e. The first-order valence-corrected chi connectivity index (χ1v) is 6.38. The van der Waals surface area contributed by atoms with Crippen molar-refractivity contribution in [2.75, 3.05) is 13.2 Å². The minimum Gasteiger partial charge on any atom is -0.396 e. The fourth-order valence-corrected chi connectivity index (χ4v) is 2.45. The molecule has 0 aliphatic heterocycles. The molecule has 0 radical (unpaired) electrons. The van der Waals surface area contributed by atoms with Crippen LogP contribution < -0.4 is 5.32 Å². The van der Waals surface area contributed by atoms with Crippen LogP contribution in [0.25, 0.3) is 0 Å². The van der Waals surface area contributed by atoms with Crippen LogP contribution in [0.15, 0.2) is 12.4 Å². The zero-order valence-corrected chi connectivity index (χ0v) is 10.6. The van der Waals surface area contributed by atoms with Gasteiger partial charge in [-0.2, -0.15) is 0 Å². The number of carbonyl (C=O) groups excluding carboxylic acids is 1. The smallest absolute Gasteiger partial charge is 0.271 e. The predicted molar refractivity (Wildman–Crippen MR) is 67.0 cm³/mol. The molecule has 0 spiro atoms. The molecular weight excluding hydrogens is 230 g/mol. The molecule has 1 fully saturated rings. The molecule has 5 nitrogen and oxygen atoms in total. The molecular formula is C13H19N3O2. The quantitative estimate of drug-likeness (QED) is 0.832. The first-order chi connectivity index (χ1) is 8.70. The number of amides is 1. The van der Waals surface area contributed by atoms with Gasteiger partial charge in [-0.1, -0.05) is 6.42 Å². The normalized spacial score (nSPS) is 23.0. The average molecular weight is 249 g/mol. The number of nitrogens with zero attached hydrogens (tertiary/aromatic N) is 2. The number of hydrogen-bond acceptors (Lipinski definition) is 4. The maximum atomic E-state index is 11.8. The van der Waals surface area contributed by atoms with E-state index in [1.807, 2.05) is 6.92 Å². The van der Waals surface area contributed by atoms with E-state index in [9.17, 15) is 9.90 Å². The van der Waals surface area contributed by atoms with Crippen LogP contribution in [0.5, 0.6) is 0 Å². The average Bonchev–Trinajstić information content (AvgIpc) is 2.84. The zero-order chi connectivity index (χ0) is 13.0. The van der Waals surface area contributed by atoms with Gasteiger partial charge in [-0.15, -0.1) is 0 Å². The summed E-state index contributed by atoms with van der Waals surface area (Å²) in [6, 6.07) is 0. The van der Waals surface area contributed by atoms with Crippen LogP contribution in [-0.4, -0.2) is 34.1 Å². The van der Waals surface area contributed by atoms with Gasteiger partial charge in [0, 0.05) is 19.3 Å². The van der Waals surface area contributed by atoms with Gasteiger partial charge >= 0.3 is 0 Å². The summed E-state index contributed by atoms with van der Waals surface area (Å²) in [5.41, 5.74) is 1.14. The second-order valence-electron chi connectivity index (χ2n) is 4.89. The molecule has 1 saturated carbocycles. The zero-order valence-electron chi connectivity index (χ0n) is 10.6. The lowest BCUT2D eigenvalue weighted by molar-refractivity contribution is 0.0932. The topological polar surface area (TPSA) is 75.1 Å². The van der Waals surface area contributed by atoms with E-state index in [4.69, 9.17) is 0 Å². The lowest BCUT2D eigenvalue weighted by Crippen LogP contribution is -2.32. The van der Waals surface area contributed by atoms with E-state index in [0.29, 0.717) is 24.1 Å². The van der Waals surface area contributed by atoms with E-state index in [1.54, 1.807) is 6.20 Å². The van der Waals surface area contributed by atoms with Gasteiger partial charge in [0.25, 0.3) is 5.91 Å². The molecule has 0 saturated heterocycles. The number of carbonyl (C=O) groups is 1. The van der Waals surface area contributed by atoms with E-state index in [1.165, 1.54) is 6.20 Å². The first kappa shape index (κ1) is 13.0. The third kappa shape index (κ3) is 3.04. The van der Waals surface area contributed by atoms with Gasteiger partial charge < -0.3 is 10.4 Å². The van der Waals surface area contributed by atoms with Gasteiger partial charge in [0.15, 0.2) is 0 Å². The lowest BCUT2D eigenvalue weighted by Gasteiger charge is -2.17. The van der Waals surface area contributed by atoms with Crippen LogP contribution in [0.2, 0.25) is 0 Å². The van der Waals surface area contributed by atoms with E-state index in [-0.39, 0.29) is 12.5 Å². The predicted octanol–water partition coefficient (Wildman–Crippen LogP) is 0.923. The van der Waals surface area contributed by atoms with E-state index < -0.39 is 0 Å². The number of aryl methyl sites for hydroxylation is 1. The van der Waals surface area contributed by atoms with Crippen molar-refractivity contribution >= 4 is 5.91 Å². The Balaban J connectivity index is 1.86.